The Kier molecular flexibility index (Phi) is 4.20. The molecule has 0 spiro atoms. The maximum absolute atomic E-state index is 13.7. The van der Waals surface area contributed by atoms with Crippen molar-refractivity contribution in [1.82, 2.24) is 0 Å². The van der Waals surface area contributed by atoms with Gasteiger partial charge in [-0.25, -0.2) is 8.78 Å². The Morgan fingerprint density at radius 1 is 1.25 bits per heavy atom. The first-order valence-electron chi connectivity index (χ1n) is 5.62. The molecule has 0 aliphatic carbocycles. The van der Waals surface area contributed by atoms with Gasteiger partial charge in [0.2, 0.25) is 0 Å². The summed E-state index contributed by atoms with van der Waals surface area (Å²) < 4.78 is 32.2. The predicted octanol–water partition coefficient (Wildman–Crippen LogP) is 3.88. The van der Waals surface area contributed by atoms with Crippen molar-refractivity contribution in [2.75, 3.05) is 12.4 Å². The van der Waals surface area contributed by atoms with Crippen molar-refractivity contribution in [3.63, 3.8) is 0 Å². The molecule has 0 bridgehead atoms. The van der Waals surface area contributed by atoms with Crippen LogP contribution in [0.3, 0.4) is 0 Å². The van der Waals surface area contributed by atoms with Crippen LogP contribution in [0, 0.1) is 11.6 Å². The number of nitrogens with one attached hydrogen (secondary N) is 1. The van der Waals surface area contributed by atoms with Crippen molar-refractivity contribution >= 4 is 23.2 Å². The Balaban J connectivity index is 2.26. The van der Waals surface area contributed by atoms with E-state index in [1.807, 2.05) is 0 Å². The van der Waals surface area contributed by atoms with Crippen LogP contribution in [0.4, 0.5) is 14.5 Å². The van der Waals surface area contributed by atoms with Gasteiger partial charge in [0.15, 0.2) is 5.82 Å². The quantitative estimate of drug-likeness (QED) is 0.933. The van der Waals surface area contributed by atoms with Gasteiger partial charge in [0.25, 0.3) is 5.91 Å². The molecule has 0 saturated carbocycles. The number of carbonyl (C=O) groups excluding carboxylic acids is 1. The van der Waals surface area contributed by atoms with Crippen LogP contribution in [0.5, 0.6) is 5.75 Å². The van der Waals surface area contributed by atoms with Crippen molar-refractivity contribution in [3.8, 4) is 5.75 Å². The molecule has 20 heavy (non-hydrogen) atoms. The minimum atomic E-state index is -0.772. The molecule has 0 heterocycles. The molecule has 1 amide bonds. The molecule has 6 heteroatoms. The monoisotopic (exact) mass is 297 g/mol. The minimum Gasteiger partial charge on any atom is -0.497 e. The number of hydrogen-bond acceptors (Lipinski definition) is 2. The minimum absolute atomic E-state index is 0.113. The molecule has 0 unspecified atom stereocenters. The molecule has 1 N–H and O–H groups in total. The lowest BCUT2D eigenvalue weighted by atomic mass is 10.2. The topological polar surface area (TPSA) is 38.3 Å². The van der Waals surface area contributed by atoms with Gasteiger partial charge in [-0.3, -0.25) is 4.79 Å². The van der Waals surface area contributed by atoms with Crippen molar-refractivity contribution in [2.24, 2.45) is 0 Å². The molecule has 0 radical (unpaired) electrons. The number of methoxy groups -OCH3 is 1. The van der Waals surface area contributed by atoms with Gasteiger partial charge in [-0.2, -0.15) is 0 Å². The van der Waals surface area contributed by atoms with Gasteiger partial charge >= 0.3 is 0 Å². The summed E-state index contributed by atoms with van der Waals surface area (Å²) in [5.74, 6) is -2.01. The summed E-state index contributed by atoms with van der Waals surface area (Å²) in [5.41, 5.74) is -0.331. The van der Waals surface area contributed by atoms with Gasteiger partial charge < -0.3 is 10.1 Å². The second-order valence-electron chi connectivity index (χ2n) is 3.90. The largest absolute Gasteiger partial charge is 0.497 e. The summed E-state index contributed by atoms with van der Waals surface area (Å²) in [6, 6.07) is 7.92. The molecule has 3 nitrogen and oxygen atoms in total. The van der Waals surface area contributed by atoms with E-state index in [2.05, 4.69) is 5.32 Å². The fourth-order valence-electron chi connectivity index (χ4n) is 1.60. The number of benzene rings is 2. The summed E-state index contributed by atoms with van der Waals surface area (Å²) in [7, 11) is 1.38. The first kappa shape index (κ1) is 14.3. The van der Waals surface area contributed by atoms with Crippen molar-refractivity contribution in [3.05, 3.63) is 58.6 Å². The van der Waals surface area contributed by atoms with E-state index in [-0.39, 0.29) is 22.0 Å². The Morgan fingerprint density at radius 3 is 2.65 bits per heavy atom. The number of hydrogen-bond donors (Lipinski definition) is 1. The highest BCUT2D eigenvalue weighted by molar-refractivity contribution is 6.31. The molecule has 0 atom stereocenters. The van der Waals surface area contributed by atoms with Crippen LogP contribution in [0.15, 0.2) is 36.4 Å². The Hall–Kier alpha value is -2.14. The Labute approximate surface area is 119 Å². The zero-order valence-corrected chi connectivity index (χ0v) is 11.2. The third kappa shape index (κ3) is 2.88. The van der Waals surface area contributed by atoms with Crippen molar-refractivity contribution in [1.29, 1.82) is 0 Å². The Morgan fingerprint density at radius 2 is 2.00 bits per heavy atom. The van der Waals surface area contributed by atoms with E-state index in [9.17, 15) is 13.6 Å². The SMILES string of the molecule is COc1ccc(C(=O)Nc2cccc(Cl)c2F)c(F)c1. The number of amides is 1. The lowest BCUT2D eigenvalue weighted by Gasteiger charge is -2.08. The summed E-state index contributed by atoms with van der Waals surface area (Å²) in [5, 5.41) is 2.14. The van der Waals surface area contributed by atoms with Crippen LogP contribution in [0.1, 0.15) is 10.4 Å². The number of rotatable bonds is 3. The fourth-order valence-corrected chi connectivity index (χ4v) is 1.77. The van der Waals surface area contributed by atoms with Crippen LogP contribution >= 0.6 is 11.6 Å². The van der Waals surface area contributed by atoms with Gasteiger partial charge in [0.1, 0.15) is 11.6 Å². The highest BCUT2D eigenvalue weighted by Crippen LogP contribution is 2.23. The summed E-state index contributed by atoms with van der Waals surface area (Å²) in [4.78, 5) is 11.9. The highest BCUT2D eigenvalue weighted by Gasteiger charge is 2.15. The normalized spacial score (nSPS) is 10.2. The standard InChI is InChI=1S/C14H10ClF2NO2/c1-20-8-5-6-9(11(16)7-8)14(19)18-12-4-2-3-10(15)13(12)17/h2-7H,1H3,(H,18,19). The van der Waals surface area contributed by atoms with E-state index in [1.165, 1.54) is 37.4 Å². The third-order valence-electron chi connectivity index (χ3n) is 2.62. The molecule has 0 aliphatic heterocycles. The van der Waals surface area contributed by atoms with Crippen LogP contribution in [0.2, 0.25) is 5.02 Å². The van der Waals surface area contributed by atoms with Gasteiger partial charge in [0.05, 0.1) is 23.4 Å². The lowest BCUT2D eigenvalue weighted by Crippen LogP contribution is -2.14. The van der Waals surface area contributed by atoms with E-state index in [4.69, 9.17) is 16.3 Å². The average molecular weight is 298 g/mol. The molecule has 0 aromatic heterocycles. The van der Waals surface area contributed by atoms with Crippen LogP contribution < -0.4 is 10.1 Å². The van der Waals surface area contributed by atoms with E-state index in [0.717, 1.165) is 6.07 Å². The summed E-state index contributed by atoms with van der Waals surface area (Å²) in [6.45, 7) is 0. The number of ether oxygens (including phenoxy) is 1. The molecule has 2 rings (SSSR count). The van der Waals surface area contributed by atoms with E-state index < -0.39 is 17.5 Å². The number of halogens is 3. The van der Waals surface area contributed by atoms with E-state index in [0.29, 0.717) is 0 Å². The van der Waals surface area contributed by atoms with Crippen LogP contribution in [-0.2, 0) is 0 Å². The van der Waals surface area contributed by atoms with Crippen molar-refractivity contribution < 1.29 is 18.3 Å². The third-order valence-corrected chi connectivity index (χ3v) is 2.91. The first-order chi connectivity index (χ1) is 9.52. The van der Waals surface area contributed by atoms with Crippen molar-refractivity contribution in [2.45, 2.75) is 0 Å². The predicted molar refractivity (Wildman–Crippen MR) is 72.3 cm³/mol. The molecule has 2 aromatic carbocycles. The zero-order valence-electron chi connectivity index (χ0n) is 10.4. The van der Waals surface area contributed by atoms with Gasteiger partial charge in [-0.05, 0) is 24.3 Å². The Bertz CT molecular complexity index is 662. The molecule has 0 fully saturated rings. The summed E-state index contributed by atoms with van der Waals surface area (Å²) >= 11 is 5.60. The molecular weight excluding hydrogens is 288 g/mol. The zero-order chi connectivity index (χ0) is 14.7. The lowest BCUT2D eigenvalue weighted by molar-refractivity contribution is 0.102. The van der Waals surface area contributed by atoms with E-state index >= 15 is 0 Å². The maximum atomic E-state index is 13.7. The second-order valence-corrected chi connectivity index (χ2v) is 4.31. The molecule has 0 aliphatic rings. The van der Waals surface area contributed by atoms with Crippen LogP contribution in [0.25, 0.3) is 0 Å². The van der Waals surface area contributed by atoms with Crippen LogP contribution in [-0.4, -0.2) is 13.0 Å². The number of anilines is 1. The fraction of sp³-hybridized carbons (Fsp3) is 0.0714. The molecular formula is C14H10ClF2NO2. The average Bonchev–Trinajstić information content (AvgIpc) is 2.43. The summed E-state index contributed by atoms with van der Waals surface area (Å²) in [6.07, 6.45) is 0. The van der Waals surface area contributed by atoms with Gasteiger partial charge in [-0.15, -0.1) is 0 Å². The maximum Gasteiger partial charge on any atom is 0.258 e. The first-order valence-corrected chi connectivity index (χ1v) is 5.99. The smallest absolute Gasteiger partial charge is 0.258 e. The van der Waals surface area contributed by atoms with Gasteiger partial charge in [-0.1, -0.05) is 17.7 Å². The number of carbonyl (C=O) groups is 1. The molecule has 104 valence electrons. The van der Waals surface area contributed by atoms with E-state index in [1.54, 1.807) is 0 Å². The second kappa shape index (κ2) is 5.88. The highest BCUT2D eigenvalue weighted by atomic mass is 35.5. The molecule has 2 aromatic rings. The molecule has 0 saturated heterocycles. The van der Waals surface area contributed by atoms with Gasteiger partial charge in [0, 0.05) is 6.07 Å².